The van der Waals surface area contributed by atoms with Gasteiger partial charge in [0.2, 0.25) is 0 Å². The maximum absolute atomic E-state index is 12.8. The topological polar surface area (TPSA) is 78.2 Å². The molecule has 0 unspecified atom stereocenters. The zero-order valence-electron chi connectivity index (χ0n) is 15.3. The molecule has 3 heterocycles. The maximum Gasteiger partial charge on any atom is 0.289 e. The Balaban J connectivity index is 1.91. The number of nitrogens with zero attached hydrogens (tertiary/aromatic N) is 1. The first kappa shape index (κ1) is 17.8. The Morgan fingerprint density at radius 3 is 2.41 bits per heavy atom. The minimum absolute atomic E-state index is 0.0277. The van der Waals surface area contributed by atoms with Gasteiger partial charge in [0, 0.05) is 24.5 Å². The van der Waals surface area contributed by atoms with Crippen molar-refractivity contribution >= 4 is 44.1 Å². The highest BCUT2D eigenvalue weighted by Crippen LogP contribution is 2.47. The quantitative estimate of drug-likeness (QED) is 0.637. The maximum atomic E-state index is 12.8. The fraction of sp³-hybridized carbons (Fsp3) is 0.368. The number of thiophene rings is 1. The standard InChI is InChI=1S/C19H19NO6S/c1-10(21)14-9-12-15(23-2)11-8-13(19(22)20-4-6-25-7-5-20)26-16(11)17(24-3)18(12)27-14/h8-9H,4-7H2,1-3H3. The molecule has 2 aromatic heterocycles. The van der Waals surface area contributed by atoms with E-state index in [1.807, 2.05) is 0 Å². The fourth-order valence-corrected chi connectivity index (χ4v) is 4.38. The number of methoxy groups -OCH3 is 2. The Hall–Kier alpha value is -2.58. The van der Waals surface area contributed by atoms with Crippen LogP contribution in [0.2, 0.25) is 0 Å². The third-order valence-corrected chi connectivity index (χ3v) is 5.86. The lowest BCUT2D eigenvalue weighted by molar-refractivity contribution is 0.0284. The van der Waals surface area contributed by atoms with Gasteiger partial charge in [-0.25, -0.2) is 0 Å². The normalized spacial score (nSPS) is 14.7. The zero-order chi connectivity index (χ0) is 19.1. The fourth-order valence-electron chi connectivity index (χ4n) is 3.31. The second-order valence-corrected chi connectivity index (χ2v) is 7.29. The van der Waals surface area contributed by atoms with Crippen molar-refractivity contribution < 1.29 is 28.2 Å². The van der Waals surface area contributed by atoms with Gasteiger partial charge in [-0.05, 0) is 13.0 Å². The molecule has 1 aromatic carbocycles. The van der Waals surface area contributed by atoms with Gasteiger partial charge in [0.15, 0.2) is 22.9 Å². The average Bonchev–Trinajstić information content (AvgIpc) is 3.31. The number of ketones is 1. The molecule has 0 spiro atoms. The first-order valence-corrected chi connectivity index (χ1v) is 9.35. The number of ether oxygens (including phenoxy) is 3. The van der Waals surface area contributed by atoms with Gasteiger partial charge < -0.3 is 23.5 Å². The number of rotatable bonds is 4. The van der Waals surface area contributed by atoms with Crippen LogP contribution in [-0.2, 0) is 4.74 Å². The number of carbonyl (C=O) groups is 2. The van der Waals surface area contributed by atoms with E-state index >= 15 is 0 Å². The van der Waals surface area contributed by atoms with E-state index in [4.69, 9.17) is 18.6 Å². The first-order valence-electron chi connectivity index (χ1n) is 8.54. The van der Waals surface area contributed by atoms with Crippen molar-refractivity contribution in [2.75, 3.05) is 40.5 Å². The summed E-state index contributed by atoms with van der Waals surface area (Å²) >= 11 is 1.32. The summed E-state index contributed by atoms with van der Waals surface area (Å²) in [5.74, 6) is 1.08. The summed E-state index contributed by atoms with van der Waals surface area (Å²) in [6, 6.07) is 3.47. The van der Waals surface area contributed by atoms with E-state index in [1.54, 1.807) is 31.3 Å². The molecule has 1 aliphatic rings. The lowest BCUT2D eigenvalue weighted by Crippen LogP contribution is -2.40. The predicted molar refractivity (Wildman–Crippen MR) is 101 cm³/mol. The second-order valence-electron chi connectivity index (χ2n) is 6.23. The number of benzene rings is 1. The van der Waals surface area contributed by atoms with E-state index in [0.717, 1.165) is 10.1 Å². The van der Waals surface area contributed by atoms with Crippen molar-refractivity contribution in [3.8, 4) is 11.5 Å². The summed E-state index contributed by atoms with van der Waals surface area (Å²) in [4.78, 5) is 26.9. The molecule has 3 aromatic rings. The van der Waals surface area contributed by atoms with E-state index < -0.39 is 0 Å². The van der Waals surface area contributed by atoms with Crippen LogP contribution in [-0.4, -0.2) is 57.1 Å². The van der Waals surface area contributed by atoms with E-state index in [1.165, 1.54) is 18.3 Å². The molecule has 4 rings (SSSR count). The van der Waals surface area contributed by atoms with Crippen LogP contribution in [0, 0.1) is 0 Å². The van der Waals surface area contributed by atoms with Crippen LogP contribution in [0.25, 0.3) is 21.1 Å². The zero-order valence-corrected chi connectivity index (χ0v) is 16.1. The van der Waals surface area contributed by atoms with Crippen LogP contribution in [0.5, 0.6) is 11.5 Å². The lowest BCUT2D eigenvalue weighted by Gasteiger charge is -2.25. The number of amides is 1. The van der Waals surface area contributed by atoms with E-state index in [9.17, 15) is 9.59 Å². The Morgan fingerprint density at radius 1 is 1.07 bits per heavy atom. The minimum Gasteiger partial charge on any atom is -0.495 e. The van der Waals surface area contributed by atoms with Crippen molar-refractivity contribution in [3.05, 3.63) is 22.8 Å². The molecule has 0 atom stereocenters. The van der Waals surface area contributed by atoms with Gasteiger partial charge in [0.1, 0.15) is 5.75 Å². The number of Topliss-reactive ketones (excluding diaryl/α,β-unsaturated/α-hetero) is 1. The summed E-state index contributed by atoms with van der Waals surface area (Å²) in [6.45, 7) is 3.61. The van der Waals surface area contributed by atoms with Gasteiger partial charge in [0.05, 0.1) is 42.4 Å². The molecule has 0 N–H and O–H groups in total. The molecular formula is C19H19NO6S. The van der Waals surface area contributed by atoms with Gasteiger partial charge in [-0.15, -0.1) is 11.3 Å². The van der Waals surface area contributed by atoms with Gasteiger partial charge in [-0.3, -0.25) is 9.59 Å². The smallest absolute Gasteiger partial charge is 0.289 e. The van der Waals surface area contributed by atoms with E-state index in [2.05, 4.69) is 0 Å². The third kappa shape index (κ3) is 2.85. The molecule has 0 saturated carbocycles. The monoisotopic (exact) mass is 389 g/mol. The minimum atomic E-state index is -0.189. The molecule has 1 aliphatic heterocycles. The highest BCUT2D eigenvalue weighted by molar-refractivity contribution is 7.21. The molecular weight excluding hydrogens is 370 g/mol. The molecule has 27 heavy (non-hydrogen) atoms. The summed E-state index contributed by atoms with van der Waals surface area (Å²) in [5, 5.41) is 1.41. The van der Waals surface area contributed by atoms with Crippen molar-refractivity contribution in [1.82, 2.24) is 4.90 Å². The molecule has 1 amide bonds. The largest absolute Gasteiger partial charge is 0.495 e. The molecule has 0 radical (unpaired) electrons. The summed E-state index contributed by atoms with van der Waals surface area (Å²) in [7, 11) is 3.10. The Labute approximate surface area is 159 Å². The highest BCUT2D eigenvalue weighted by Gasteiger charge is 2.27. The second kappa shape index (κ2) is 6.86. The Bertz CT molecular complexity index is 985. The molecule has 0 aliphatic carbocycles. The predicted octanol–water partition coefficient (Wildman–Crippen LogP) is 3.34. The van der Waals surface area contributed by atoms with Crippen molar-refractivity contribution in [1.29, 1.82) is 0 Å². The summed E-state index contributed by atoms with van der Waals surface area (Å²) in [5.41, 5.74) is 0.440. The SMILES string of the molecule is COc1c2cc(C(=O)N3CCOCC3)oc2c(OC)c2sc(C(C)=O)cc12. The van der Waals surface area contributed by atoms with Crippen LogP contribution < -0.4 is 9.47 Å². The lowest BCUT2D eigenvalue weighted by atomic mass is 10.1. The highest BCUT2D eigenvalue weighted by atomic mass is 32.1. The number of furan rings is 1. The molecule has 7 nitrogen and oxygen atoms in total. The van der Waals surface area contributed by atoms with Gasteiger partial charge in [0.25, 0.3) is 5.91 Å². The Morgan fingerprint density at radius 2 is 1.78 bits per heavy atom. The molecule has 142 valence electrons. The number of fused-ring (bicyclic) bond motifs is 2. The van der Waals surface area contributed by atoms with Gasteiger partial charge in [-0.1, -0.05) is 0 Å². The van der Waals surface area contributed by atoms with E-state index in [0.29, 0.717) is 53.6 Å². The molecule has 0 bridgehead atoms. The number of carbonyl (C=O) groups excluding carboxylic acids is 2. The molecule has 8 heteroatoms. The Kier molecular flexibility index (Phi) is 4.53. The number of morpholine rings is 1. The van der Waals surface area contributed by atoms with Crippen LogP contribution in [0.15, 0.2) is 16.5 Å². The van der Waals surface area contributed by atoms with Gasteiger partial charge >= 0.3 is 0 Å². The average molecular weight is 389 g/mol. The van der Waals surface area contributed by atoms with Crippen molar-refractivity contribution in [3.63, 3.8) is 0 Å². The third-order valence-electron chi connectivity index (χ3n) is 4.63. The van der Waals surface area contributed by atoms with Crippen LogP contribution in [0.3, 0.4) is 0 Å². The van der Waals surface area contributed by atoms with Crippen LogP contribution in [0.4, 0.5) is 0 Å². The summed E-state index contributed by atoms with van der Waals surface area (Å²) < 4.78 is 23.1. The number of hydrogen-bond donors (Lipinski definition) is 0. The number of hydrogen-bond acceptors (Lipinski definition) is 7. The first-order chi connectivity index (χ1) is 13.0. The van der Waals surface area contributed by atoms with Crippen LogP contribution in [0.1, 0.15) is 27.2 Å². The van der Waals surface area contributed by atoms with Crippen molar-refractivity contribution in [2.24, 2.45) is 0 Å². The van der Waals surface area contributed by atoms with Crippen molar-refractivity contribution in [2.45, 2.75) is 6.92 Å². The van der Waals surface area contributed by atoms with Crippen LogP contribution >= 0.6 is 11.3 Å². The molecule has 1 fully saturated rings. The molecule has 1 saturated heterocycles. The summed E-state index contributed by atoms with van der Waals surface area (Å²) in [6.07, 6.45) is 0. The van der Waals surface area contributed by atoms with Gasteiger partial charge in [-0.2, -0.15) is 0 Å². The van der Waals surface area contributed by atoms with E-state index in [-0.39, 0.29) is 17.5 Å².